The van der Waals surface area contributed by atoms with Gasteiger partial charge in [-0.2, -0.15) is 0 Å². The number of aromatic nitrogens is 2. The molecular weight excluding hydrogens is 637 g/mol. The van der Waals surface area contributed by atoms with Crippen LogP contribution in [0.25, 0.3) is 34.5 Å². The zero-order chi connectivity index (χ0) is 33.7. The van der Waals surface area contributed by atoms with Crippen LogP contribution < -0.4 is 10.1 Å². The number of anilines is 1. The standard InChI is InChI=1S/C37H33Cl2N3O5/c1-37(2,3)47-36(45)41-31-16-13-26(19-33(31)46-4)25-11-8-23(9-12-25)10-17-34-40-32(29-15-14-28(38)20-30(29)39)22-42(34)21-24-6-5-7-27(18-24)35(43)44/h5-20,22H,21H2,1-4H3,(H,41,45)(H,43,44)/b17-10+. The number of carboxylic acid groups (broad SMARTS) is 1. The van der Waals surface area contributed by atoms with Crippen LogP contribution in [0.4, 0.5) is 10.5 Å². The third kappa shape index (κ3) is 8.61. The molecule has 0 saturated heterocycles. The van der Waals surface area contributed by atoms with Gasteiger partial charge < -0.3 is 19.1 Å². The molecule has 0 unspecified atom stereocenters. The van der Waals surface area contributed by atoms with Gasteiger partial charge in [-0.15, -0.1) is 0 Å². The Bertz CT molecular complexity index is 1960. The number of hydrogen-bond acceptors (Lipinski definition) is 5. The number of methoxy groups -OCH3 is 1. The molecule has 0 fully saturated rings. The van der Waals surface area contributed by atoms with Crippen molar-refractivity contribution in [1.29, 1.82) is 0 Å². The van der Waals surface area contributed by atoms with E-state index in [2.05, 4.69) is 5.32 Å². The van der Waals surface area contributed by atoms with E-state index in [9.17, 15) is 14.7 Å². The molecule has 1 amide bonds. The van der Waals surface area contributed by atoms with E-state index in [0.29, 0.717) is 39.5 Å². The van der Waals surface area contributed by atoms with Gasteiger partial charge in [-0.05, 0) is 91.6 Å². The summed E-state index contributed by atoms with van der Waals surface area (Å²) in [6.07, 6.45) is 5.19. The number of carboxylic acids is 1. The van der Waals surface area contributed by atoms with Crippen LogP contribution in [0, 0.1) is 0 Å². The van der Waals surface area contributed by atoms with Crippen molar-refractivity contribution in [2.24, 2.45) is 0 Å². The third-order valence-corrected chi connectivity index (χ3v) is 7.60. The predicted octanol–water partition coefficient (Wildman–Crippen LogP) is 9.80. The molecule has 0 spiro atoms. The maximum atomic E-state index is 12.3. The van der Waals surface area contributed by atoms with Crippen LogP contribution in [0.2, 0.25) is 10.0 Å². The second kappa shape index (κ2) is 14.2. The molecule has 0 aliphatic carbocycles. The summed E-state index contributed by atoms with van der Waals surface area (Å²) < 4.78 is 12.8. The van der Waals surface area contributed by atoms with Crippen LogP contribution in [0.1, 0.15) is 48.1 Å². The molecule has 47 heavy (non-hydrogen) atoms. The molecule has 1 aromatic heterocycles. The number of carbonyl (C=O) groups excluding carboxylic acids is 1. The van der Waals surface area contributed by atoms with Crippen molar-refractivity contribution in [3.63, 3.8) is 0 Å². The van der Waals surface area contributed by atoms with Crippen molar-refractivity contribution < 1.29 is 24.2 Å². The molecule has 5 aromatic rings. The second-order valence-corrected chi connectivity index (χ2v) is 12.6. The van der Waals surface area contributed by atoms with Crippen LogP contribution in [-0.4, -0.2) is 39.4 Å². The number of hydrogen-bond donors (Lipinski definition) is 2. The lowest BCUT2D eigenvalue weighted by Crippen LogP contribution is -2.27. The number of imidazole rings is 1. The summed E-state index contributed by atoms with van der Waals surface area (Å²) in [7, 11) is 1.55. The van der Waals surface area contributed by atoms with Gasteiger partial charge >= 0.3 is 12.1 Å². The van der Waals surface area contributed by atoms with Crippen molar-refractivity contribution in [3.05, 3.63) is 124 Å². The van der Waals surface area contributed by atoms with Crippen LogP contribution >= 0.6 is 23.2 Å². The number of halogens is 2. The normalized spacial score (nSPS) is 11.4. The van der Waals surface area contributed by atoms with Gasteiger partial charge in [-0.25, -0.2) is 14.6 Å². The molecule has 2 N–H and O–H groups in total. The minimum Gasteiger partial charge on any atom is -0.495 e. The molecule has 10 heteroatoms. The van der Waals surface area contributed by atoms with Crippen molar-refractivity contribution in [3.8, 4) is 28.1 Å². The highest BCUT2D eigenvalue weighted by Crippen LogP contribution is 2.33. The predicted molar refractivity (Wildman–Crippen MR) is 187 cm³/mol. The first kappa shape index (κ1) is 33.3. The highest BCUT2D eigenvalue weighted by Gasteiger charge is 2.18. The number of benzene rings is 4. The first-order valence-electron chi connectivity index (χ1n) is 14.7. The Balaban J connectivity index is 1.39. The van der Waals surface area contributed by atoms with Crippen LogP contribution in [0.3, 0.4) is 0 Å². The van der Waals surface area contributed by atoms with E-state index in [4.69, 9.17) is 37.7 Å². The highest BCUT2D eigenvalue weighted by atomic mass is 35.5. The van der Waals surface area contributed by atoms with Gasteiger partial charge in [0.2, 0.25) is 0 Å². The Morgan fingerprint density at radius 1 is 0.936 bits per heavy atom. The Labute approximate surface area is 283 Å². The van der Waals surface area contributed by atoms with E-state index in [1.54, 1.807) is 64.3 Å². The van der Waals surface area contributed by atoms with Gasteiger partial charge in [0.05, 0.1) is 29.1 Å². The van der Waals surface area contributed by atoms with Gasteiger partial charge in [0.15, 0.2) is 0 Å². The lowest BCUT2D eigenvalue weighted by Gasteiger charge is -2.20. The van der Waals surface area contributed by atoms with Crippen molar-refractivity contribution in [2.75, 3.05) is 12.4 Å². The summed E-state index contributed by atoms with van der Waals surface area (Å²) in [4.78, 5) is 28.7. The zero-order valence-electron chi connectivity index (χ0n) is 26.3. The number of amides is 1. The molecule has 5 rings (SSSR count). The molecule has 0 bridgehead atoms. The molecule has 0 saturated carbocycles. The maximum Gasteiger partial charge on any atom is 0.412 e. The topological polar surface area (TPSA) is 103 Å². The fraction of sp³-hybridized carbons (Fsp3) is 0.162. The van der Waals surface area contributed by atoms with Crippen molar-refractivity contribution in [2.45, 2.75) is 32.9 Å². The summed E-state index contributed by atoms with van der Waals surface area (Å²) in [5.74, 6) is 0.185. The first-order valence-corrected chi connectivity index (χ1v) is 15.5. The minimum atomic E-state index is -0.985. The van der Waals surface area contributed by atoms with Crippen LogP contribution in [0.5, 0.6) is 5.75 Å². The number of nitrogens with zero attached hydrogens (tertiary/aromatic N) is 2. The average Bonchev–Trinajstić information content (AvgIpc) is 3.41. The van der Waals surface area contributed by atoms with Gasteiger partial charge in [0.1, 0.15) is 17.2 Å². The molecule has 8 nitrogen and oxygen atoms in total. The van der Waals surface area contributed by atoms with Gasteiger partial charge in [0.25, 0.3) is 0 Å². The van der Waals surface area contributed by atoms with E-state index >= 15 is 0 Å². The highest BCUT2D eigenvalue weighted by molar-refractivity contribution is 6.36. The fourth-order valence-corrected chi connectivity index (χ4v) is 5.37. The summed E-state index contributed by atoms with van der Waals surface area (Å²) in [6.45, 7) is 5.81. The minimum absolute atomic E-state index is 0.215. The van der Waals surface area contributed by atoms with Crippen LogP contribution in [-0.2, 0) is 11.3 Å². The SMILES string of the molecule is COc1cc(-c2ccc(/C=C/c3nc(-c4ccc(Cl)cc4Cl)cn3Cc3cccc(C(=O)O)c3)cc2)ccc1NC(=O)OC(C)(C)C. The number of carbonyl (C=O) groups is 2. The quantitative estimate of drug-likeness (QED) is 0.162. The first-order chi connectivity index (χ1) is 22.4. The molecule has 0 atom stereocenters. The van der Waals surface area contributed by atoms with Crippen molar-refractivity contribution in [1.82, 2.24) is 9.55 Å². The average molecular weight is 671 g/mol. The molecule has 0 aliphatic heterocycles. The number of aromatic carboxylic acids is 1. The Morgan fingerprint density at radius 2 is 1.68 bits per heavy atom. The Hall–Kier alpha value is -5.05. The lowest BCUT2D eigenvalue weighted by atomic mass is 10.0. The second-order valence-electron chi connectivity index (χ2n) is 11.7. The molecule has 4 aromatic carbocycles. The molecule has 0 aliphatic rings. The number of rotatable bonds is 9. The van der Waals surface area contributed by atoms with Gasteiger partial charge in [-0.1, -0.05) is 71.7 Å². The summed E-state index contributed by atoms with van der Waals surface area (Å²) in [6, 6.07) is 25.6. The summed E-state index contributed by atoms with van der Waals surface area (Å²) >= 11 is 12.6. The van der Waals surface area contributed by atoms with Gasteiger partial charge in [-0.3, -0.25) is 5.32 Å². The fourth-order valence-electron chi connectivity index (χ4n) is 4.86. The zero-order valence-corrected chi connectivity index (χ0v) is 27.8. The van der Waals surface area contributed by atoms with E-state index in [1.165, 1.54) is 0 Å². The molecule has 240 valence electrons. The Kier molecular flexibility index (Phi) is 10.0. The van der Waals surface area contributed by atoms with E-state index in [-0.39, 0.29) is 5.56 Å². The van der Waals surface area contributed by atoms with E-state index < -0.39 is 17.7 Å². The number of ether oxygens (including phenoxy) is 2. The molecule has 1 heterocycles. The summed E-state index contributed by atoms with van der Waals surface area (Å²) in [5, 5.41) is 13.2. The van der Waals surface area contributed by atoms with Gasteiger partial charge in [0, 0.05) is 23.3 Å². The monoisotopic (exact) mass is 669 g/mol. The van der Waals surface area contributed by atoms with E-state index in [1.807, 2.05) is 71.4 Å². The molecular formula is C37H33Cl2N3O5. The lowest BCUT2D eigenvalue weighted by molar-refractivity contribution is 0.0633. The largest absolute Gasteiger partial charge is 0.495 e. The summed E-state index contributed by atoms with van der Waals surface area (Å²) in [5.41, 5.74) is 5.13. The Morgan fingerprint density at radius 3 is 2.36 bits per heavy atom. The third-order valence-electron chi connectivity index (χ3n) is 7.05. The van der Waals surface area contributed by atoms with Crippen molar-refractivity contribution >= 4 is 53.1 Å². The molecule has 0 radical (unpaired) electrons. The number of nitrogens with one attached hydrogen (secondary N) is 1. The smallest absolute Gasteiger partial charge is 0.412 e. The van der Waals surface area contributed by atoms with Crippen LogP contribution in [0.15, 0.2) is 91.1 Å². The maximum absolute atomic E-state index is 12.3. The van der Waals surface area contributed by atoms with E-state index in [0.717, 1.165) is 27.8 Å².